The van der Waals surface area contributed by atoms with E-state index in [1.54, 1.807) is 7.11 Å². The molecule has 1 N–H and O–H groups in total. The highest BCUT2D eigenvalue weighted by molar-refractivity contribution is 4.72. The van der Waals surface area contributed by atoms with Gasteiger partial charge in [-0.15, -0.1) is 0 Å². The van der Waals surface area contributed by atoms with E-state index in [2.05, 4.69) is 0 Å². The molecule has 0 aliphatic heterocycles. The lowest BCUT2D eigenvalue weighted by Crippen LogP contribution is -2.27. The monoisotopic (exact) mass is 260 g/mol. The van der Waals surface area contributed by atoms with Gasteiger partial charge in [0.1, 0.15) is 0 Å². The molecule has 0 radical (unpaired) electrons. The molecule has 0 heterocycles. The summed E-state index contributed by atoms with van der Waals surface area (Å²) in [5.74, 6) is 0.455. The fourth-order valence-electron chi connectivity index (χ4n) is 2.37. The van der Waals surface area contributed by atoms with Gasteiger partial charge in [0.25, 0.3) is 0 Å². The van der Waals surface area contributed by atoms with Gasteiger partial charge in [0.05, 0.1) is 25.9 Å². The van der Waals surface area contributed by atoms with Crippen LogP contribution in [-0.4, -0.2) is 51.4 Å². The first-order chi connectivity index (χ1) is 8.84. The minimum atomic E-state index is -0.278. The number of aliphatic hydroxyl groups is 1. The van der Waals surface area contributed by atoms with Gasteiger partial charge in [0.2, 0.25) is 0 Å². The van der Waals surface area contributed by atoms with Crippen molar-refractivity contribution in [2.45, 2.75) is 44.6 Å². The lowest BCUT2D eigenvalue weighted by molar-refractivity contribution is -0.0123. The van der Waals surface area contributed by atoms with Gasteiger partial charge in [-0.3, -0.25) is 0 Å². The average Bonchev–Trinajstić information content (AvgIpc) is 2.42. The van der Waals surface area contributed by atoms with Crippen molar-refractivity contribution in [2.75, 3.05) is 40.1 Å². The lowest BCUT2D eigenvalue weighted by atomic mass is 9.85. The third-order valence-electron chi connectivity index (χ3n) is 3.49. The van der Waals surface area contributed by atoms with Crippen molar-refractivity contribution in [3.05, 3.63) is 0 Å². The zero-order chi connectivity index (χ0) is 13.1. The summed E-state index contributed by atoms with van der Waals surface area (Å²) in [6, 6.07) is 0. The van der Waals surface area contributed by atoms with E-state index >= 15 is 0 Å². The molecule has 0 aromatic heterocycles. The van der Waals surface area contributed by atoms with Crippen LogP contribution in [-0.2, 0) is 14.2 Å². The highest BCUT2D eigenvalue weighted by Crippen LogP contribution is 2.26. The second-order valence-corrected chi connectivity index (χ2v) is 5.00. The van der Waals surface area contributed by atoms with E-state index in [4.69, 9.17) is 14.2 Å². The standard InChI is InChI=1S/C14H28O4/c1-16-10-11-17-8-5-9-18-12-14(15)13-6-3-2-4-7-13/h13-15H,2-12H2,1H3. The SMILES string of the molecule is COCCOCCCOCC(O)C1CCCCC1. The van der Waals surface area contributed by atoms with Crippen LogP contribution in [0.5, 0.6) is 0 Å². The second-order valence-electron chi connectivity index (χ2n) is 5.00. The fraction of sp³-hybridized carbons (Fsp3) is 1.00. The van der Waals surface area contributed by atoms with Gasteiger partial charge in [0, 0.05) is 20.3 Å². The first kappa shape index (κ1) is 15.9. The van der Waals surface area contributed by atoms with E-state index in [0.29, 0.717) is 39.0 Å². The Morgan fingerprint density at radius 2 is 1.72 bits per heavy atom. The van der Waals surface area contributed by atoms with Crippen LogP contribution in [0.4, 0.5) is 0 Å². The first-order valence-electron chi connectivity index (χ1n) is 7.17. The molecule has 0 spiro atoms. The molecule has 1 rings (SSSR count). The Labute approximate surface area is 111 Å². The molecule has 0 saturated heterocycles. The molecule has 1 unspecified atom stereocenters. The van der Waals surface area contributed by atoms with Gasteiger partial charge in [-0.1, -0.05) is 19.3 Å². The van der Waals surface area contributed by atoms with Crippen LogP contribution >= 0.6 is 0 Å². The summed E-state index contributed by atoms with van der Waals surface area (Å²) in [6.45, 7) is 3.12. The summed E-state index contributed by atoms with van der Waals surface area (Å²) < 4.78 is 15.7. The zero-order valence-electron chi connectivity index (χ0n) is 11.6. The minimum Gasteiger partial charge on any atom is -0.390 e. The maximum absolute atomic E-state index is 9.97. The van der Waals surface area contributed by atoms with E-state index in [9.17, 15) is 5.11 Å². The van der Waals surface area contributed by atoms with Gasteiger partial charge in [0.15, 0.2) is 0 Å². The van der Waals surface area contributed by atoms with Gasteiger partial charge in [-0.2, -0.15) is 0 Å². The predicted molar refractivity (Wildman–Crippen MR) is 70.7 cm³/mol. The number of aliphatic hydroxyl groups excluding tert-OH is 1. The van der Waals surface area contributed by atoms with Gasteiger partial charge in [-0.05, 0) is 25.2 Å². The number of hydrogen-bond acceptors (Lipinski definition) is 4. The summed E-state index contributed by atoms with van der Waals surface area (Å²) in [6.07, 6.45) is 6.75. The topological polar surface area (TPSA) is 47.9 Å². The van der Waals surface area contributed by atoms with E-state index < -0.39 is 0 Å². The number of hydrogen-bond donors (Lipinski definition) is 1. The Morgan fingerprint density at radius 1 is 1.00 bits per heavy atom. The molecular formula is C14H28O4. The number of methoxy groups -OCH3 is 1. The maximum atomic E-state index is 9.97. The van der Waals surface area contributed by atoms with E-state index in [-0.39, 0.29) is 6.10 Å². The number of ether oxygens (including phenoxy) is 3. The number of rotatable bonds is 10. The molecule has 0 amide bonds. The van der Waals surface area contributed by atoms with Gasteiger partial charge >= 0.3 is 0 Å². The zero-order valence-corrected chi connectivity index (χ0v) is 11.6. The quantitative estimate of drug-likeness (QED) is 0.610. The molecule has 4 nitrogen and oxygen atoms in total. The average molecular weight is 260 g/mol. The molecule has 4 heteroatoms. The molecule has 0 bridgehead atoms. The van der Waals surface area contributed by atoms with Crippen LogP contribution in [0, 0.1) is 5.92 Å². The fourth-order valence-corrected chi connectivity index (χ4v) is 2.37. The van der Waals surface area contributed by atoms with Crippen LogP contribution in [0.25, 0.3) is 0 Å². The van der Waals surface area contributed by atoms with Gasteiger partial charge < -0.3 is 19.3 Å². The summed E-state index contributed by atoms with van der Waals surface area (Å²) in [4.78, 5) is 0. The van der Waals surface area contributed by atoms with Crippen LogP contribution in [0.3, 0.4) is 0 Å². The molecule has 108 valence electrons. The van der Waals surface area contributed by atoms with Crippen LogP contribution in [0.1, 0.15) is 38.5 Å². The smallest absolute Gasteiger partial charge is 0.0801 e. The summed E-state index contributed by atoms with van der Waals surface area (Å²) in [5, 5.41) is 9.97. The van der Waals surface area contributed by atoms with Crippen LogP contribution in [0.15, 0.2) is 0 Å². The molecule has 0 aromatic rings. The molecule has 1 fully saturated rings. The Kier molecular flexibility index (Phi) is 9.48. The van der Waals surface area contributed by atoms with Crippen molar-refractivity contribution in [3.8, 4) is 0 Å². The van der Waals surface area contributed by atoms with Crippen LogP contribution in [0.2, 0.25) is 0 Å². The van der Waals surface area contributed by atoms with Crippen molar-refractivity contribution in [3.63, 3.8) is 0 Å². The third-order valence-corrected chi connectivity index (χ3v) is 3.49. The molecule has 1 aliphatic carbocycles. The van der Waals surface area contributed by atoms with Crippen molar-refractivity contribution in [1.29, 1.82) is 0 Å². The van der Waals surface area contributed by atoms with Crippen molar-refractivity contribution in [2.24, 2.45) is 5.92 Å². The Balaban J connectivity index is 1.87. The summed E-state index contributed by atoms with van der Waals surface area (Å²) in [7, 11) is 1.67. The van der Waals surface area contributed by atoms with E-state index in [0.717, 1.165) is 19.3 Å². The molecule has 18 heavy (non-hydrogen) atoms. The predicted octanol–water partition coefficient (Wildman–Crippen LogP) is 2.00. The van der Waals surface area contributed by atoms with E-state index in [1.807, 2.05) is 0 Å². The maximum Gasteiger partial charge on any atom is 0.0801 e. The Morgan fingerprint density at radius 3 is 2.44 bits per heavy atom. The van der Waals surface area contributed by atoms with Crippen molar-refractivity contribution >= 4 is 0 Å². The minimum absolute atomic E-state index is 0.278. The first-order valence-corrected chi connectivity index (χ1v) is 7.17. The second kappa shape index (κ2) is 10.7. The van der Waals surface area contributed by atoms with Crippen LogP contribution < -0.4 is 0 Å². The molecule has 1 atom stereocenters. The van der Waals surface area contributed by atoms with Crippen molar-refractivity contribution in [1.82, 2.24) is 0 Å². The Bertz CT molecular complexity index is 181. The molecule has 1 saturated carbocycles. The van der Waals surface area contributed by atoms with Gasteiger partial charge in [-0.25, -0.2) is 0 Å². The lowest BCUT2D eigenvalue weighted by Gasteiger charge is -2.26. The van der Waals surface area contributed by atoms with E-state index in [1.165, 1.54) is 19.3 Å². The highest BCUT2D eigenvalue weighted by atomic mass is 16.5. The normalized spacial score (nSPS) is 19.0. The molecular weight excluding hydrogens is 232 g/mol. The summed E-state index contributed by atoms with van der Waals surface area (Å²) in [5.41, 5.74) is 0. The molecule has 1 aliphatic rings. The third kappa shape index (κ3) is 7.31. The molecule has 0 aromatic carbocycles. The van der Waals surface area contributed by atoms with Crippen molar-refractivity contribution < 1.29 is 19.3 Å². The largest absolute Gasteiger partial charge is 0.390 e. The highest BCUT2D eigenvalue weighted by Gasteiger charge is 2.21. The summed E-state index contributed by atoms with van der Waals surface area (Å²) >= 11 is 0. The Hall–Kier alpha value is -0.160.